The molecule has 0 aromatic carbocycles. The van der Waals surface area contributed by atoms with Crippen LogP contribution in [0, 0.1) is 0 Å². The molecule has 0 spiro atoms. The van der Waals surface area contributed by atoms with Gasteiger partial charge in [-0.25, -0.2) is 9.97 Å². The molecule has 0 saturated carbocycles. The number of hydrogen-bond donors (Lipinski definition) is 3. The Balaban J connectivity index is 1.74. The molecule has 0 radical (unpaired) electrons. The number of rotatable bonds is 8. The van der Waals surface area contributed by atoms with E-state index in [4.69, 9.17) is 9.47 Å². The number of fused-ring (bicyclic) bond motifs is 1. The van der Waals surface area contributed by atoms with Gasteiger partial charge in [0.25, 0.3) is 5.91 Å². The van der Waals surface area contributed by atoms with Crippen LogP contribution in [-0.2, 0) is 14.3 Å². The maximum Gasteiger partial charge on any atom is 0.255 e. The van der Waals surface area contributed by atoms with Crippen LogP contribution < -0.4 is 10.6 Å². The van der Waals surface area contributed by atoms with Gasteiger partial charge in [0.2, 0.25) is 5.91 Å². The summed E-state index contributed by atoms with van der Waals surface area (Å²) in [5.74, 6) is 0.183. The Morgan fingerprint density at radius 2 is 2.27 bits per heavy atom. The summed E-state index contributed by atoms with van der Waals surface area (Å²) < 4.78 is 10.6. The molecule has 1 aliphatic rings. The lowest BCUT2D eigenvalue weighted by Crippen LogP contribution is -2.52. The highest BCUT2D eigenvalue weighted by molar-refractivity contribution is 6.04. The topological polar surface area (TPSA) is 121 Å². The molecule has 3 N–H and O–H groups in total. The summed E-state index contributed by atoms with van der Waals surface area (Å²) >= 11 is 0. The summed E-state index contributed by atoms with van der Waals surface area (Å²) in [5, 5.41) is 6.22. The molecule has 10 heteroatoms. The van der Waals surface area contributed by atoms with Crippen LogP contribution in [-0.4, -0.2) is 83.8 Å². The molecule has 162 valence electrons. The van der Waals surface area contributed by atoms with Crippen molar-refractivity contribution in [2.75, 3.05) is 39.2 Å². The molecule has 2 amide bonds. The highest BCUT2D eigenvalue weighted by atomic mass is 16.5. The van der Waals surface area contributed by atoms with Crippen molar-refractivity contribution in [2.45, 2.75) is 31.5 Å². The number of H-pyrrole nitrogens is 1. The second-order valence-electron chi connectivity index (χ2n) is 7.29. The number of carbonyl (C=O) groups is 2. The average molecular weight is 416 g/mol. The second-order valence-corrected chi connectivity index (χ2v) is 7.29. The smallest absolute Gasteiger partial charge is 0.255 e. The third-order valence-electron chi connectivity index (χ3n) is 5.10. The number of nitrogens with zero attached hydrogens (tertiary/aromatic N) is 3. The number of hydrogen-bond acceptors (Lipinski definition) is 7. The number of nitrogens with one attached hydrogen (secondary N) is 3. The van der Waals surface area contributed by atoms with Gasteiger partial charge in [-0.1, -0.05) is 6.58 Å². The molecular weight excluding hydrogens is 388 g/mol. The van der Waals surface area contributed by atoms with Gasteiger partial charge in [-0.2, -0.15) is 0 Å². The molecule has 0 aliphatic carbocycles. The molecule has 1 fully saturated rings. The predicted molar refractivity (Wildman–Crippen MR) is 112 cm³/mol. The lowest BCUT2D eigenvalue weighted by atomic mass is 10.0. The number of aromatic nitrogens is 3. The minimum absolute atomic E-state index is 0.0476. The Labute approximate surface area is 175 Å². The minimum atomic E-state index is -0.247. The summed E-state index contributed by atoms with van der Waals surface area (Å²) in [6, 6.07) is -0.179. The van der Waals surface area contributed by atoms with Gasteiger partial charge in [0.15, 0.2) is 5.65 Å². The molecule has 0 unspecified atom stereocenters. The van der Waals surface area contributed by atoms with Crippen LogP contribution in [0.25, 0.3) is 11.2 Å². The molecule has 3 heterocycles. The number of methoxy groups -OCH3 is 2. The van der Waals surface area contributed by atoms with Crippen LogP contribution in [0.5, 0.6) is 0 Å². The van der Waals surface area contributed by atoms with E-state index in [2.05, 4.69) is 32.2 Å². The van der Waals surface area contributed by atoms with Gasteiger partial charge >= 0.3 is 0 Å². The lowest BCUT2D eigenvalue weighted by Gasteiger charge is -2.37. The fraction of sp³-hybridized carbons (Fsp3) is 0.500. The zero-order valence-electron chi connectivity index (χ0n) is 17.5. The largest absolute Gasteiger partial charge is 0.383 e. The minimum Gasteiger partial charge on any atom is -0.383 e. The van der Waals surface area contributed by atoms with Crippen LogP contribution >= 0.6 is 0 Å². The predicted octanol–water partition coefficient (Wildman–Crippen LogP) is 0.936. The molecule has 2 aromatic heterocycles. The van der Waals surface area contributed by atoms with Gasteiger partial charge in [0.05, 0.1) is 30.5 Å². The van der Waals surface area contributed by atoms with Crippen molar-refractivity contribution < 1.29 is 19.1 Å². The van der Waals surface area contributed by atoms with E-state index in [1.165, 1.54) is 6.08 Å². The van der Waals surface area contributed by atoms with E-state index < -0.39 is 0 Å². The first-order valence-electron chi connectivity index (χ1n) is 9.81. The number of amides is 2. The molecular formula is C20H28N6O4. The summed E-state index contributed by atoms with van der Waals surface area (Å²) in [5.41, 5.74) is 1.42. The van der Waals surface area contributed by atoms with E-state index in [1.807, 2.05) is 6.92 Å². The van der Waals surface area contributed by atoms with Crippen molar-refractivity contribution >= 4 is 28.8 Å². The van der Waals surface area contributed by atoms with Gasteiger partial charge in [-0.15, -0.1) is 0 Å². The summed E-state index contributed by atoms with van der Waals surface area (Å²) in [6.45, 7) is 6.87. The van der Waals surface area contributed by atoms with E-state index in [1.54, 1.807) is 31.5 Å². The van der Waals surface area contributed by atoms with Gasteiger partial charge in [0, 0.05) is 39.5 Å². The number of ether oxygens (including phenoxy) is 2. The van der Waals surface area contributed by atoms with E-state index >= 15 is 0 Å². The number of piperidine rings is 1. The standard InChI is InChI=1S/C20H28N6O4/c1-5-17(27)26-7-6-14(15(10-26)30-4)24-16-9-22-19-18(25-16)13(8-21-19)20(28)23-12(2)11-29-3/h5,8-9,12,14-15H,1,6-7,10-11H2,2-4H3,(H,21,22)(H,23,28)(H,24,25)/t12-,14+,15-/m0/s1. The highest BCUT2D eigenvalue weighted by Crippen LogP contribution is 2.21. The normalized spacial score (nSPS) is 20.0. The molecule has 2 aromatic rings. The SMILES string of the molecule is C=CC(=O)N1CC[C@@H](Nc2cnc3[nH]cc(C(=O)N[C@@H](C)COC)c3n2)[C@@H](OC)C1. The molecule has 1 aliphatic heterocycles. The Bertz CT molecular complexity index is 914. The zero-order valence-corrected chi connectivity index (χ0v) is 17.5. The first-order chi connectivity index (χ1) is 14.5. The number of aromatic amines is 1. The molecule has 3 rings (SSSR count). The molecule has 3 atom stereocenters. The lowest BCUT2D eigenvalue weighted by molar-refractivity contribution is -0.129. The molecule has 1 saturated heterocycles. The number of likely N-dealkylation sites (tertiary alicyclic amines) is 1. The third kappa shape index (κ3) is 4.77. The molecule has 30 heavy (non-hydrogen) atoms. The van der Waals surface area contributed by atoms with E-state index in [0.29, 0.717) is 48.7 Å². The van der Waals surface area contributed by atoms with Gasteiger partial charge in [0.1, 0.15) is 11.3 Å². The Kier molecular flexibility index (Phi) is 7.01. The maximum atomic E-state index is 12.6. The fourth-order valence-electron chi connectivity index (χ4n) is 3.57. The maximum absolute atomic E-state index is 12.6. The second kappa shape index (κ2) is 9.68. The zero-order chi connectivity index (χ0) is 21.7. The monoisotopic (exact) mass is 416 g/mol. The number of anilines is 1. The van der Waals surface area contributed by atoms with Crippen LogP contribution in [0.4, 0.5) is 5.82 Å². The Morgan fingerprint density at radius 1 is 1.47 bits per heavy atom. The van der Waals surface area contributed by atoms with Crippen molar-refractivity contribution in [3.05, 3.63) is 30.6 Å². The first kappa shape index (κ1) is 21.7. The first-order valence-corrected chi connectivity index (χ1v) is 9.81. The summed E-state index contributed by atoms with van der Waals surface area (Å²) in [6.07, 6.45) is 5.01. The van der Waals surface area contributed by atoms with Crippen molar-refractivity contribution in [2.24, 2.45) is 0 Å². The van der Waals surface area contributed by atoms with Crippen LogP contribution in [0.2, 0.25) is 0 Å². The fourth-order valence-corrected chi connectivity index (χ4v) is 3.57. The van der Waals surface area contributed by atoms with Crippen LogP contribution in [0.1, 0.15) is 23.7 Å². The molecule has 10 nitrogen and oxygen atoms in total. The quantitative estimate of drug-likeness (QED) is 0.548. The number of carbonyl (C=O) groups excluding carboxylic acids is 2. The van der Waals surface area contributed by atoms with E-state index in [-0.39, 0.29) is 30.0 Å². The van der Waals surface area contributed by atoms with Crippen molar-refractivity contribution in [3.63, 3.8) is 0 Å². The third-order valence-corrected chi connectivity index (χ3v) is 5.10. The van der Waals surface area contributed by atoms with Gasteiger partial charge in [-0.3, -0.25) is 9.59 Å². The highest BCUT2D eigenvalue weighted by Gasteiger charge is 2.31. The van der Waals surface area contributed by atoms with Crippen molar-refractivity contribution in [3.8, 4) is 0 Å². The Morgan fingerprint density at radius 3 is 2.97 bits per heavy atom. The van der Waals surface area contributed by atoms with Crippen LogP contribution in [0.15, 0.2) is 25.0 Å². The van der Waals surface area contributed by atoms with Crippen LogP contribution in [0.3, 0.4) is 0 Å². The summed E-state index contributed by atoms with van der Waals surface area (Å²) in [7, 11) is 3.20. The summed E-state index contributed by atoms with van der Waals surface area (Å²) in [4.78, 5) is 38.1. The van der Waals surface area contributed by atoms with Crippen molar-refractivity contribution in [1.82, 2.24) is 25.2 Å². The van der Waals surface area contributed by atoms with Gasteiger partial charge in [-0.05, 0) is 19.4 Å². The van der Waals surface area contributed by atoms with E-state index in [0.717, 1.165) is 0 Å². The van der Waals surface area contributed by atoms with Gasteiger partial charge < -0.3 is 30.0 Å². The average Bonchev–Trinajstić information content (AvgIpc) is 3.17. The molecule has 0 bridgehead atoms. The van der Waals surface area contributed by atoms with E-state index in [9.17, 15) is 9.59 Å². The Hall–Kier alpha value is -2.98. The van der Waals surface area contributed by atoms with Crippen molar-refractivity contribution in [1.29, 1.82) is 0 Å².